The minimum absolute atomic E-state index is 0.0729. The van der Waals surface area contributed by atoms with Crippen molar-refractivity contribution in [3.05, 3.63) is 82.6 Å². The van der Waals surface area contributed by atoms with Crippen molar-refractivity contribution < 1.29 is 18.7 Å². The van der Waals surface area contributed by atoms with Gasteiger partial charge >= 0.3 is 5.97 Å². The second kappa shape index (κ2) is 10.3. The second-order valence-electron chi connectivity index (χ2n) is 10.4. The molecule has 0 unspecified atom stereocenters. The van der Waals surface area contributed by atoms with Gasteiger partial charge in [-0.05, 0) is 101 Å². The molecular weight excluding hydrogens is 488 g/mol. The van der Waals surface area contributed by atoms with Crippen LogP contribution in [0.25, 0.3) is 11.3 Å². The lowest BCUT2D eigenvalue weighted by molar-refractivity contribution is -0.144. The number of nitrogens with two attached hydrogens (primary N) is 1. The van der Waals surface area contributed by atoms with Crippen LogP contribution in [0.5, 0.6) is 0 Å². The summed E-state index contributed by atoms with van der Waals surface area (Å²) in [7, 11) is 0. The molecule has 2 N–H and O–H groups in total. The van der Waals surface area contributed by atoms with E-state index in [1.54, 1.807) is 25.1 Å². The van der Waals surface area contributed by atoms with Gasteiger partial charge in [-0.25, -0.2) is 4.79 Å². The molecule has 194 valence electrons. The summed E-state index contributed by atoms with van der Waals surface area (Å²) in [6, 6.07) is 19.3. The fraction of sp³-hybridized carbons (Fsp3) is 0.400. The predicted octanol–water partition coefficient (Wildman–Crippen LogP) is 5.94. The highest BCUT2D eigenvalue weighted by molar-refractivity contribution is 6.30. The van der Waals surface area contributed by atoms with Crippen molar-refractivity contribution in [2.24, 2.45) is 5.73 Å². The third-order valence-corrected chi connectivity index (χ3v) is 8.40. The molecule has 3 aromatic rings. The lowest BCUT2D eigenvalue weighted by atomic mass is 9.70. The number of carbonyl (C=O) groups excluding carboxylic acids is 2. The average molecular weight is 521 g/mol. The minimum Gasteiger partial charge on any atom is -0.460 e. The van der Waals surface area contributed by atoms with E-state index in [0.29, 0.717) is 34.9 Å². The lowest BCUT2D eigenvalue weighted by Gasteiger charge is -2.49. The molecule has 1 aliphatic carbocycles. The molecule has 0 atom stereocenters. The first-order valence-electron chi connectivity index (χ1n) is 13.0. The van der Waals surface area contributed by atoms with Crippen molar-refractivity contribution in [1.29, 1.82) is 0 Å². The molecule has 0 bridgehead atoms. The van der Waals surface area contributed by atoms with Crippen LogP contribution < -0.4 is 5.73 Å². The zero-order valence-electron chi connectivity index (χ0n) is 21.2. The smallest absolute Gasteiger partial charge is 0.342 e. The van der Waals surface area contributed by atoms with E-state index >= 15 is 0 Å². The topological polar surface area (TPSA) is 85.8 Å². The van der Waals surface area contributed by atoms with Crippen LogP contribution in [0.4, 0.5) is 0 Å². The summed E-state index contributed by atoms with van der Waals surface area (Å²) in [6.45, 7) is 3.82. The first-order valence-corrected chi connectivity index (χ1v) is 13.4. The largest absolute Gasteiger partial charge is 0.460 e. The number of hydrogen-bond acceptors (Lipinski definition) is 5. The second-order valence-corrected chi connectivity index (χ2v) is 10.9. The number of ether oxygens (including phenoxy) is 1. The predicted molar refractivity (Wildman–Crippen MR) is 143 cm³/mol. The highest BCUT2D eigenvalue weighted by Crippen LogP contribution is 2.44. The van der Waals surface area contributed by atoms with Crippen molar-refractivity contribution in [2.45, 2.75) is 63.0 Å². The fourth-order valence-electron chi connectivity index (χ4n) is 5.96. The molecule has 37 heavy (non-hydrogen) atoms. The zero-order chi connectivity index (χ0) is 26.0. The maximum Gasteiger partial charge on any atom is 0.342 e. The van der Waals surface area contributed by atoms with Gasteiger partial charge < -0.3 is 14.9 Å². The van der Waals surface area contributed by atoms with Crippen molar-refractivity contribution in [3.63, 3.8) is 0 Å². The van der Waals surface area contributed by atoms with Gasteiger partial charge in [-0.15, -0.1) is 0 Å². The Balaban J connectivity index is 1.36. The van der Waals surface area contributed by atoms with E-state index in [0.717, 1.165) is 37.9 Å². The van der Waals surface area contributed by atoms with Gasteiger partial charge in [0.2, 0.25) is 0 Å². The number of hydrogen-bond donors (Lipinski definition) is 1. The lowest BCUT2D eigenvalue weighted by Crippen LogP contribution is -2.58. The van der Waals surface area contributed by atoms with Crippen molar-refractivity contribution >= 4 is 23.5 Å². The summed E-state index contributed by atoms with van der Waals surface area (Å²) < 4.78 is 11.8. The highest BCUT2D eigenvalue weighted by Gasteiger charge is 2.51. The first-order chi connectivity index (χ1) is 17.8. The van der Waals surface area contributed by atoms with Gasteiger partial charge in [-0.1, -0.05) is 41.9 Å². The van der Waals surface area contributed by atoms with Gasteiger partial charge in [0.1, 0.15) is 17.1 Å². The van der Waals surface area contributed by atoms with E-state index in [1.807, 2.05) is 18.2 Å². The molecule has 2 aromatic carbocycles. The molecule has 1 aromatic heterocycles. The molecule has 1 aliphatic heterocycles. The van der Waals surface area contributed by atoms with Gasteiger partial charge in [0.25, 0.3) is 5.91 Å². The van der Waals surface area contributed by atoms with Gasteiger partial charge in [0.05, 0.1) is 0 Å². The number of amides is 1. The van der Waals surface area contributed by atoms with E-state index < -0.39 is 17.5 Å². The van der Waals surface area contributed by atoms with Gasteiger partial charge in [0.15, 0.2) is 5.60 Å². The van der Waals surface area contributed by atoms with Crippen LogP contribution in [0.15, 0.2) is 65.1 Å². The molecular formula is C30H33ClN2O4. The van der Waals surface area contributed by atoms with Crippen LogP contribution in [0, 0.1) is 6.92 Å². The molecule has 2 aliphatic rings. The highest BCUT2D eigenvalue weighted by atomic mass is 35.5. The summed E-state index contributed by atoms with van der Waals surface area (Å²) in [6.07, 6.45) is 5.54. The number of carbonyl (C=O) groups is 2. The van der Waals surface area contributed by atoms with E-state index in [2.05, 4.69) is 29.2 Å². The molecule has 6 nitrogen and oxygen atoms in total. The molecule has 2 heterocycles. The standard InChI is InChI=1S/C30H33ClN2O4/c1-21-25(19-26(36-21)23-9-11-24(31)12-10-23)27(34)37-30(28(32)35)15-13-29(14-16-30,33-17-5-6-18-33)20-22-7-3-2-4-8-22/h2-4,7-12,19H,5-6,13-18,20H2,1H3,(H2,32,35). The summed E-state index contributed by atoms with van der Waals surface area (Å²) in [4.78, 5) is 28.7. The van der Waals surface area contributed by atoms with E-state index in [-0.39, 0.29) is 5.54 Å². The number of esters is 1. The summed E-state index contributed by atoms with van der Waals surface area (Å²) in [5.41, 5.74) is 6.87. The van der Waals surface area contributed by atoms with Crippen LogP contribution in [-0.2, 0) is 16.0 Å². The Bertz CT molecular complexity index is 1250. The van der Waals surface area contributed by atoms with Gasteiger partial charge in [-0.3, -0.25) is 9.69 Å². The third kappa shape index (κ3) is 5.18. The molecule has 5 rings (SSSR count). The number of nitrogens with zero attached hydrogens (tertiary/aromatic N) is 1. The number of aryl methyl sites for hydroxylation is 1. The molecule has 1 amide bonds. The molecule has 7 heteroatoms. The van der Waals surface area contributed by atoms with Crippen LogP contribution in [0.3, 0.4) is 0 Å². The maximum absolute atomic E-state index is 13.3. The number of benzene rings is 2. The monoisotopic (exact) mass is 520 g/mol. The first kappa shape index (κ1) is 25.6. The molecule has 0 radical (unpaired) electrons. The van der Waals surface area contributed by atoms with Crippen LogP contribution in [0.2, 0.25) is 5.02 Å². The Hall–Kier alpha value is -3.09. The van der Waals surface area contributed by atoms with Gasteiger partial charge in [-0.2, -0.15) is 0 Å². The fourth-order valence-corrected chi connectivity index (χ4v) is 6.09. The number of primary amides is 1. The van der Waals surface area contributed by atoms with Gasteiger partial charge in [0, 0.05) is 16.1 Å². The Labute approximate surface area is 222 Å². The molecule has 2 fully saturated rings. The van der Waals surface area contributed by atoms with E-state index in [9.17, 15) is 9.59 Å². The van der Waals surface area contributed by atoms with Crippen molar-refractivity contribution in [2.75, 3.05) is 13.1 Å². The van der Waals surface area contributed by atoms with Crippen LogP contribution in [-0.4, -0.2) is 41.0 Å². The summed E-state index contributed by atoms with van der Waals surface area (Å²) in [5, 5.41) is 0.615. The van der Waals surface area contributed by atoms with Crippen molar-refractivity contribution in [3.8, 4) is 11.3 Å². The molecule has 1 saturated carbocycles. The molecule has 1 saturated heterocycles. The summed E-state index contributed by atoms with van der Waals surface area (Å²) >= 11 is 5.99. The van der Waals surface area contributed by atoms with E-state index in [1.165, 1.54) is 18.4 Å². The van der Waals surface area contributed by atoms with Crippen LogP contribution >= 0.6 is 11.6 Å². The number of rotatable bonds is 7. The third-order valence-electron chi connectivity index (χ3n) is 8.14. The van der Waals surface area contributed by atoms with Crippen molar-refractivity contribution in [1.82, 2.24) is 4.90 Å². The average Bonchev–Trinajstić information content (AvgIpc) is 3.57. The number of likely N-dealkylation sites (tertiary alicyclic amines) is 1. The molecule has 0 spiro atoms. The van der Waals surface area contributed by atoms with E-state index in [4.69, 9.17) is 26.5 Å². The normalized spacial score (nSPS) is 24.2. The SMILES string of the molecule is Cc1oc(-c2ccc(Cl)cc2)cc1C(=O)OC1(C(N)=O)CCC(Cc2ccccc2)(N2CCCC2)CC1. The minimum atomic E-state index is -1.33. The Morgan fingerprint density at radius 2 is 1.65 bits per heavy atom. The quantitative estimate of drug-likeness (QED) is 0.389. The number of halogens is 1. The Kier molecular flexibility index (Phi) is 7.15. The van der Waals surface area contributed by atoms with Crippen LogP contribution in [0.1, 0.15) is 60.2 Å². The zero-order valence-corrected chi connectivity index (χ0v) is 21.9. The number of furan rings is 1. The summed E-state index contributed by atoms with van der Waals surface area (Å²) in [5.74, 6) is -0.207. The maximum atomic E-state index is 13.3. The Morgan fingerprint density at radius 1 is 1.00 bits per heavy atom. The Morgan fingerprint density at radius 3 is 2.27 bits per heavy atom.